The molecule has 1 N–H and O–H groups in total. The lowest BCUT2D eigenvalue weighted by Crippen LogP contribution is -2.28. The molecule has 15 heavy (non-hydrogen) atoms. The van der Waals surface area contributed by atoms with E-state index in [4.69, 9.17) is 5.11 Å². The zero-order chi connectivity index (χ0) is 10.7. The summed E-state index contributed by atoms with van der Waals surface area (Å²) in [6, 6.07) is 5.16. The molecule has 0 atom stereocenters. The summed E-state index contributed by atoms with van der Waals surface area (Å²) < 4.78 is 0. The molecule has 1 fully saturated rings. The lowest BCUT2D eigenvalue weighted by molar-refractivity contribution is 0.0786. The van der Waals surface area contributed by atoms with Crippen molar-refractivity contribution in [2.75, 3.05) is 13.1 Å². The molecule has 2 heterocycles. The third kappa shape index (κ3) is 2.15. The van der Waals surface area contributed by atoms with E-state index in [1.165, 1.54) is 0 Å². The number of nitrogens with zero attached hydrogens (tertiary/aromatic N) is 2. The van der Waals surface area contributed by atoms with Crippen LogP contribution in [0.5, 0.6) is 0 Å². The van der Waals surface area contributed by atoms with Gasteiger partial charge in [0.1, 0.15) is 5.69 Å². The Morgan fingerprint density at radius 1 is 1.40 bits per heavy atom. The second-order valence-electron chi connectivity index (χ2n) is 3.67. The van der Waals surface area contributed by atoms with E-state index in [1.807, 2.05) is 4.90 Å². The van der Waals surface area contributed by atoms with Crippen LogP contribution < -0.4 is 0 Å². The Morgan fingerprint density at radius 2 is 2.13 bits per heavy atom. The van der Waals surface area contributed by atoms with Crippen molar-refractivity contribution < 1.29 is 9.90 Å². The maximum Gasteiger partial charge on any atom is 0.272 e. The molecule has 4 nitrogen and oxygen atoms in total. The van der Waals surface area contributed by atoms with Gasteiger partial charge < -0.3 is 10.0 Å². The van der Waals surface area contributed by atoms with Crippen LogP contribution in [0.1, 0.15) is 29.0 Å². The molecular formula is C11H14N2O2. The summed E-state index contributed by atoms with van der Waals surface area (Å²) in [5.41, 5.74) is 0.975. The molecule has 0 spiro atoms. The first-order chi connectivity index (χ1) is 7.31. The van der Waals surface area contributed by atoms with Gasteiger partial charge in [-0.15, -0.1) is 0 Å². The Morgan fingerprint density at radius 3 is 2.80 bits per heavy atom. The molecule has 0 bridgehead atoms. The van der Waals surface area contributed by atoms with Crippen molar-refractivity contribution in [3.05, 3.63) is 29.6 Å². The minimum atomic E-state index is -0.124. The number of hydrogen-bond acceptors (Lipinski definition) is 3. The zero-order valence-electron chi connectivity index (χ0n) is 8.52. The van der Waals surface area contributed by atoms with Gasteiger partial charge in [-0.2, -0.15) is 0 Å². The molecule has 1 aromatic rings. The minimum absolute atomic E-state index is 0.0252. The third-order valence-corrected chi connectivity index (χ3v) is 2.58. The van der Waals surface area contributed by atoms with E-state index in [0.717, 1.165) is 25.9 Å². The highest BCUT2D eigenvalue weighted by atomic mass is 16.3. The second kappa shape index (κ2) is 4.40. The number of amides is 1. The highest BCUT2D eigenvalue weighted by Crippen LogP contribution is 2.11. The van der Waals surface area contributed by atoms with Crippen LogP contribution >= 0.6 is 0 Å². The van der Waals surface area contributed by atoms with E-state index in [2.05, 4.69) is 4.98 Å². The fourth-order valence-electron chi connectivity index (χ4n) is 1.77. The lowest BCUT2D eigenvalue weighted by atomic mass is 10.3. The van der Waals surface area contributed by atoms with Crippen molar-refractivity contribution in [2.24, 2.45) is 0 Å². The first-order valence-electron chi connectivity index (χ1n) is 5.17. The van der Waals surface area contributed by atoms with E-state index < -0.39 is 0 Å². The number of carbonyl (C=O) groups excluding carboxylic acids is 1. The van der Waals surface area contributed by atoms with Crippen molar-refractivity contribution in [3.63, 3.8) is 0 Å². The molecule has 1 aliphatic heterocycles. The van der Waals surface area contributed by atoms with Gasteiger partial charge in [-0.1, -0.05) is 6.07 Å². The van der Waals surface area contributed by atoms with Gasteiger partial charge in [-0.3, -0.25) is 4.79 Å². The molecule has 0 unspecified atom stereocenters. The summed E-state index contributed by atoms with van der Waals surface area (Å²) in [5.74, 6) is -0.0252. The quantitative estimate of drug-likeness (QED) is 0.779. The number of aliphatic hydroxyl groups is 1. The van der Waals surface area contributed by atoms with Crippen LogP contribution in [0.4, 0.5) is 0 Å². The van der Waals surface area contributed by atoms with Crippen LogP contribution in [-0.4, -0.2) is 34.0 Å². The highest BCUT2D eigenvalue weighted by Gasteiger charge is 2.20. The Bertz CT molecular complexity index is 359. The third-order valence-electron chi connectivity index (χ3n) is 2.58. The SMILES string of the molecule is O=C(c1cccc(CO)n1)N1CCCC1. The molecule has 80 valence electrons. The Labute approximate surface area is 88.6 Å². The molecule has 2 rings (SSSR count). The summed E-state index contributed by atoms with van der Waals surface area (Å²) >= 11 is 0. The monoisotopic (exact) mass is 206 g/mol. The predicted octanol–water partition coefficient (Wildman–Crippen LogP) is 0.810. The van der Waals surface area contributed by atoms with E-state index in [0.29, 0.717) is 11.4 Å². The van der Waals surface area contributed by atoms with Crippen LogP contribution in [0, 0.1) is 0 Å². The molecule has 4 heteroatoms. The predicted molar refractivity (Wildman–Crippen MR) is 55.3 cm³/mol. The van der Waals surface area contributed by atoms with Crippen LogP contribution in [-0.2, 0) is 6.61 Å². The summed E-state index contributed by atoms with van der Waals surface area (Å²) in [5, 5.41) is 8.92. The number of likely N-dealkylation sites (tertiary alicyclic amines) is 1. The van der Waals surface area contributed by atoms with E-state index in [1.54, 1.807) is 18.2 Å². The summed E-state index contributed by atoms with van der Waals surface area (Å²) in [6.07, 6.45) is 2.15. The molecule has 0 aromatic carbocycles. The fourth-order valence-corrected chi connectivity index (χ4v) is 1.77. The Balaban J connectivity index is 2.17. The normalized spacial score (nSPS) is 15.7. The minimum Gasteiger partial charge on any atom is -0.390 e. The number of aliphatic hydroxyl groups excluding tert-OH is 1. The van der Waals surface area contributed by atoms with Gasteiger partial charge >= 0.3 is 0 Å². The van der Waals surface area contributed by atoms with Gasteiger partial charge in [0.05, 0.1) is 12.3 Å². The van der Waals surface area contributed by atoms with Crippen molar-refractivity contribution in [1.82, 2.24) is 9.88 Å². The fraction of sp³-hybridized carbons (Fsp3) is 0.455. The highest BCUT2D eigenvalue weighted by molar-refractivity contribution is 5.92. The molecule has 0 radical (unpaired) electrons. The Hall–Kier alpha value is -1.42. The first kappa shape index (κ1) is 10.1. The number of carbonyl (C=O) groups is 1. The van der Waals surface area contributed by atoms with Gasteiger partial charge in [0.15, 0.2) is 0 Å². The topological polar surface area (TPSA) is 53.4 Å². The average molecular weight is 206 g/mol. The molecular weight excluding hydrogens is 192 g/mol. The number of pyridine rings is 1. The van der Waals surface area contributed by atoms with Crippen molar-refractivity contribution in [2.45, 2.75) is 19.4 Å². The molecule has 1 saturated heterocycles. The molecule has 1 aliphatic rings. The molecule has 1 amide bonds. The first-order valence-corrected chi connectivity index (χ1v) is 5.17. The van der Waals surface area contributed by atoms with Crippen molar-refractivity contribution in [3.8, 4) is 0 Å². The number of rotatable bonds is 2. The summed E-state index contributed by atoms with van der Waals surface area (Å²) in [7, 11) is 0. The van der Waals surface area contributed by atoms with Gasteiger partial charge in [0, 0.05) is 13.1 Å². The van der Waals surface area contributed by atoms with Crippen molar-refractivity contribution >= 4 is 5.91 Å². The maximum absolute atomic E-state index is 11.9. The smallest absolute Gasteiger partial charge is 0.272 e. The average Bonchev–Trinajstić information content (AvgIpc) is 2.81. The lowest BCUT2D eigenvalue weighted by Gasteiger charge is -2.14. The van der Waals surface area contributed by atoms with Crippen LogP contribution in [0.2, 0.25) is 0 Å². The van der Waals surface area contributed by atoms with Crippen LogP contribution in [0.15, 0.2) is 18.2 Å². The summed E-state index contributed by atoms with van der Waals surface area (Å²) in [4.78, 5) is 17.8. The summed E-state index contributed by atoms with van der Waals surface area (Å²) in [6.45, 7) is 1.52. The van der Waals surface area contributed by atoms with Gasteiger partial charge in [-0.05, 0) is 25.0 Å². The van der Waals surface area contributed by atoms with Crippen LogP contribution in [0.3, 0.4) is 0 Å². The zero-order valence-corrected chi connectivity index (χ0v) is 8.52. The maximum atomic E-state index is 11.9. The Kier molecular flexibility index (Phi) is 2.97. The molecule has 0 aliphatic carbocycles. The van der Waals surface area contributed by atoms with Crippen molar-refractivity contribution in [1.29, 1.82) is 0 Å². The van der Waals surface area contributed by atoms with Gasteiger partial charge in [0.25, 0.3) is 5.91 Å². The van der Waals surface area contributed by atoms with E-state index in [-0.39, 0.29) is 12.5 Å². The van der Waals surface area contributed by atoms with Gasteiger partial charge in [-0.25, -0.2) is 4.98 Å². The largest absolute Gasteiger partial charge is 0.390 e. The number of aromatic nitrogens is 1. The van der Waals surface area contributed by atoms with E-state index >= 15 is 0 Å². The van der Waals surface area contributed by atoms with Gasteiger partial charge in [0.2, 0.25) is 0 Å². The van der Waals surface area contributed by atoms with Crippen LogP contribution in [0.25, 0.3) is 0 Å². The number of hydrogen-bond donors (Lipinski definition) is 1. The molecule has 0 saturated carbocycles. The van der Waals surface area contributed by atoms with E-state index in [9.17, 15) is 4.79 Å². The standard InChI is InChI=1S/C11H14N2O2/c14-8-9-4-3-5-10(12-9)11(15)13-6-1-2-7-13/h3-5,14H,1-2,6-8H2. The molecule has 1 aromatic heterocycles. The second-order valence-corrected chi connectivity index (χ2v) is 3.67.